The molecule has 21 heavy (non-hydrogen) atoms. The number of nitrogens with one attached hydrogen (secondary N) is 1. The SMILES string of the molecule is O=C(NCc1cccc2c1OCCO2)[C@@H]1CCS(=O)(=O)C1. The molecule has 1 saturated heterocycles. The molecule has 0 saturated carbocycles. The molecule has 1 atom stereocenters. The molecule has 114 valence electrons. The number of fused-ring (bicyclic) bond motifs is 1. The van der Waals surface area contributed by atoms with Crippen molar-refractivity contribution in [2.24, 2.45) is 5.92 Å². The first-order valence-corrected chi connectivity index (χ1v) is 8.73. The van der Waals surface area contributed by atoms with E-state index in [0.29, 0.717) is 37.7 Å². The number of benzene rings is 1. The van der Waals surface area contributed by atoms with Gasteiger partial charge >= 0.3 is 0 Å². The van der Waals surface area contributed by atoms with Crippen molar-refractivity contribution in [1.29, 1.82) is 0 Å². The first-order chi connectivity index (χ1) is 10.1. The van der Waals surface area contributed by atoms with Crippen molar-refractivity contribution in [3.63, 3.8) is 0 Å². The second-order valence-corrected chi connectivity index (χ2v) is 7.49. The smallest absolute Gasteiger partial charge is 0.224 e. The number of ether oxygens (including phenoxy) is 2. The van der Waals surface area contributed by atoms with Crippen molar-refractivity contribution in [3.8, 4) is 11.5 Å². The summed E-state index contributed by atoms with van der Waals surface area (Å²) < 4.78 is 33.8. The Labute approximate surface area is 123 Å². The Hall–Kier alpha value is -1.76. The van der Waals surface area contributed by atoms with Gasteiger partial charge in [-0.2, -0.15) is 0 Å². The predicted octanol–water partition coefficient (Wildman–Crippen LogP) is 0.509. The van der Waals surface area contributed by atoms with Crippen LogP contribution < -0.4 is 14.8 Å². The average Bonchev–Trinajstić information content (AvgIpc) is 2.85. The summed E-state index contributed by atoms with van der Waals surface area (Å²) in [6.07, 6.45) is 0.403. The van der Waals surface area contributed by atoms with Gasteiger partial charge in [-0.1, -0.05) is 12.1 Å². The van der Waals surface area contributed by atoms with Crippen LogP contribution in [0, 0.1) is 5.92 Å². The summed E-state index contributed by atoms with van der Waals surface area (Å²) in [5.74, 6) is 0.727. The molecule has 6 nitrogen and oxygen atoms in total. The van der Waals surface area contributed by atoms with Crippen molar-refractivity contribution in [3.05, 3.63) is 23.8 Å². The second-order valence-electron chi connectivity index (χ2n) is 5.26. The molecule has 1 fully saturated rings. The highest BCUT2D eigenvalue weighted by Gasteiger charge is 2.32. The molecule has 0 aromatic heterocycles. The van der Waals surface area contributed by atoms with E-state index >= 15 is 0 Å². The third-order valence-electron chi connectivity index (χ3n) is 3.70. The van der Waals surface area contributed by atoms with E-state index in [1.807, 2.05) is 18.2 Å². The quantitative estimate of drug-likeness (QED) is 0.879. The molecule has 0 bridgehead atoms. The molecule has 2 aliphatic heterocycles. The highest BCUT2D eigenvalue weighted by Crippen LogP contribution is 2.33. The number of carbonyl (C=O) groups excluding carboxylic acids is 1. The monoisotopic (exact) mass is 311 g/mol. The molecule has 0 unspecified atom stereocenters. The van der Waals surface area contributed by atoms with Crippen molar-refractivity contribution < 1.29 is 22.7 Å². The van der Waals surface area contributed by atoms with Gasteiger partial charge in [-0.3, -0.25) is 4.79 Å². The molecule has 1 amide bonds. The van der Waals surface area contributed by atoms with Crippen LogP contribution in [0.15, 0.2) is 18.2 Å². The lowest BCUT2D eigenvalue weighted by atomic mass is 10.1. The molecule has 3 rings (SSSR count). The summed E-state index contributed by atoms with van der Waals surface area (Å²) >= 11 is 0. The van der Waals surface area contributed by atoms with Crippen LogP contribution in [0.1, 0.15) is 12.0 Å². The first kappa shape index (κ1) is 14.2. The van der Waals surface area contributed by atoms with Gasteiger partial charge < -0.3 is 14.8 Å². The highest BCUT2D eigenvalue weighted by atomic mass is 32.2. The molecule has 1 N–H and O–H groups in total. The van der Waals surface area contributed by atoms with Crippen molar-refractivity contribution in [2.45, 2.75) is 13.0 Å². The molecule has 0 radical (unpaired) electrons. The van der Waals surface area contributed by atoms with Gasteiger partial charge in [0.25, 0.3) is 0 Å². The van der Waals surface area contributed by atoms with Gasteiger partial charge in [-0.15, -0.1) is 0 Å². The van der Waals surface area contributed by atoms with Gasteiger partial charge in [0.1, 0.15) is 13.2 Å². The maximum Gasteiger partial charge on any atom is 0.224 e. The Morgan fingerprint density at radius 1 is 1.29 bits per heavy atom. The number of carbonyl (C=O) groups is 1. The van der Waals surface area contributed by atoms with Gasteiger partial charge in [-0.05, 0) is 12.5 Å². The molecule has 2 heterocycles. The maximum atomic E-state index is 12.0. The molecule has 1 aromatic rings. The van der Waals surface area contributed by atoms with E-state index in [1.54, 1.807) is 0 Å². The standard InChI is InChI=1S/C14H17NO5S/c16-14(11-4-7-21(17,18)9-11)15-8-10-2-1-3-12-13(10)20-6-5-19-12/h1-3,11H,4-9H2,(H,15,16)/t11-/m1/s1. The van der Waals surface area contributed by atoms with E-state index in [4.69, 9.17) is 9.47 Å². The third kappa shape index (κ3) is 3.12. The van der Waals surface area contributed by atoms with Gasteiger partial charge in [0.05, 0.1) is 17.4 Å². The number of rotatable bonds is 3. The van der Waals surface area contributed by atoms with Crippen molar-refractivity contribution in [1.82, 2.24) is 5.32 Å². The van der Waals surface area contributed by atoms with E-state index in [-0.39, 0.29) is 17.4 Å². The lowest BCUT2D eigenvalue weighted by Gasteiger charge is -2.21. The lowest BCUT2D eigenvalue weighted by Crippen LogP contribution is -2.31. The van der Waals surface area contributed by atoms with Crippen LogP contribution in [0.2, 0.25) is 0 Å². The third-order valence-corrected chi connectivity index (χ3v) is 5.47. The Bertz CT molecular complexity index is 655. The molecule has 0 aliphatic carbocycles. The Morgan fingerprint density at radius 3 is 2.86 bits per heavy atom. The second kappa shape index (κ2) is 5.55. The molecular weight excluding hydrogens is 294 g/mol. The zero-order valence-electron chi connectivity index (χ0n) is 11.5. The van der Waals surface area contributed by atoms with Crippen molar-refractivity contribution in [2.75, 3.05) is 24.7 Å². The van der Waals surface area contributed by atoms with Gasteiger partial charge in [0.2, 0.25) is 5.91 Å². The minimum atomic E-state index is -3.04. The lowest BCUT2D eigenvalue weighted by molar-refractivity contribution is -0.124. The highest BCUT2D eigenvalue weighted by molar-refractivity contribution is 7.91. The molecule has 0 spiro atoms. The number of hydrogen-bond acceptors (Lipinski definition) is 5. The number of para-hydroxylation sites is 1. The van der Waals surface area contributed by atoms with Crippen LogP contribution in [-0.2, 0) is 21.2 Å². The van der Waals surface area contributed by atoms with Crippen LogP contribution in [0.3, 0.4) is 0 Å². The average molecular weight is 311 g/mol. The van der Waals surface area contributed by atoms with Gasteiger partial charge in [-0.25, -0.2) is 8.42 Å². The van der Waals surface area contributed by atoms with Crippen LogP contribution in [0.25, 0.3) is 0 Å². The van der Waals surface area contributed by atoms with E-state index in [1.165, 1.54) is 0 Å². The number of amides is 1. The molecule has 7 heteroatoms. The zero-order chi connectivity index (χ0) is 14.9. The Morgan fingerprint density at radius 2 is 2.10 bits per heavy atom. The maximum absolute atomic E-state index is 12.0. The topological polar surface area (TPSA) is 81.7 Å². The summed E-state index contributed by atoms with van der Waals surface area (Å²) in [5, 5.41) is 2.79. The van der Waals surface area contributed by atoms with E-state index in [0.717, 1.165) is 5.56 Å². The summed E-state index contributed by atoms with van der Waals surface area (Å²) in [4.78, 5) is 12.0. The van der Waals surface area contributed by atoms with E-state index in [2.05, 4.69) is 5.32 Å². The molecule has 1 aromatic carbocycles. The van der Waals surface area contributed by atoms with E-state index in [9.17, 15) is 13.2 Å². The Kier molecular flexibility index (Phi) is 3.75. The fourth-order valence-corrected chi connectivity index (χ4v) is 4.34. The summed E-state index contributed by atoms with van der Waals surface area (Å²) in [6, 6.07) is 5.53. The predicted molar refractivity (Wildman–Crippen MR) is 76.0 cm³/mol. The fraction of sp³-hybridized carbons (Fsp3) is 0.500. The Balaban J connectivity index is 1.64. The van der Waals surface area contributed by atoms with Gasteiger partial charge in [0.15, 0.2) is 21.3 Å². The summed E-state index contributed by atoms with van der Waals surface area (Å²) in [5.41, 5.74) is 0.835. The minimum absolute atomic E-state index is 0.0503. The minimum Gasteiger partial charge on any atom is -0.486 e. The normalized spacial score (nSPS) is 22.8. The molecular formula is C14H17NO5S. The first-order valence-electron chi connectivity index (χ1n) is 6.91. The van der Waals surface area contributed by atoms with Crippen LogP contribution in [0.4, 0.5) is 0 Å². The summed E-state index contributed by atoms with van der Waals surface area (Å²) in [6.45, 7) is 1.31. The van der Waals surface area contributed by atoms with E-state index < -0.39 is 15.8 Å². The van der Waals surface area contributed by atoms with Crippen LogP contribution in [-0.4, -0.2) is 39.0 Å². The zero-order valence-corrected chi connectivity index (χ0v) is 12.3. The summed E-state index contributed by atoms with van der Waals surface area (Å²) in [7, 11) is -3.04. The number of sulfone groups is 1. The fourth-order valence-electron chi connectivity index (χ4n) is 2.60. The van der Waals surface area contributed by atoms with Crippen LogP contribution >= 0.6 is 0 Å². The number of hydrogen-bond donors (Lipinski definition) is 1. The van der Waals surface area contributed by atoms with Crippen molar-refractivity contribution >= 4 is 15.7 Å². The van der Waals surface area contributed by atoms with Crippen LogP contribution in [0.5, 0.6) is 11.5 Å². The molecule has 2 aliphatic rings. The van der Waals surface area contributed by atoms with Gasteiger partial charge in [0, 0.05) is 12.1 Å². The largest absolute Gasteiger partial charge is 0.486 e.